The first kappa shape index (κ1) is 21.3. The highest BCUT2D eigenvalue weighted by Gasteiger charge is 2.16. The molecular weight excluding hydrogens is 378 g/mol. The van der Waals surface area contributed by atoms with Crippen LogP contribution in [0.3, 0.4) is 0 Å². The SMILES string of the molecule is CCN1CCN(c2ccc(CNC(=O)C=Cc3ccc(OCC#N)cc3)cn2)CC1. The fourth-order valence-electron chi connectivity index (χ4n) is 3.21. The quantitative estimate of drug-likeness (QED) is 0.680. The highest BCUT2D eigenvalue weighted by atomic mass is 16.5. The lowest BCUT2D eigenvalue weighted by atomic mass is 10.2. The van der Waals surface area contributed by atoms with Gasteiger partial charge in [0.05, 0.1) is 0 Å². The van der Waals surface area contributed by atoms with Crippen molar-refractivity contribution in [3.8, 4) is 11.8 Å². The van der Waals surface area contributed by atoms with Crippen molar-refractivity contribution >= 4 is 17.8 Å². The van der Waals surface area contributed by atoms with Crippen molar-refractivity contribution in [3.63, 3.8) is 0 Å². The van der Waals surface area contributed by atoms with E-state index in [0.717, 1.165) is 49.7 Å². The normalized spacial score (nSPS) is 14.5. The number of carbonyl (C=O) groups excluding carboxylic acids is 1. The molecule has 1 aromatic heterocycles. The minimum atomic E-state index is -0.167. The number of nitrogens with zero attached hydrogens (tertiary/aromatic N) is 4. The molecule has 0 spiro atoms. The molecule has 0 unspecified atom stereocenters. The van der Waals surface area contributed by atoms with Crippen LogP contribution in [0.2, 0.25) is 0 Å². The van der Waals surface area contributed by atoms with Crippen molar-refractivity contribution in [2.75, 3.05) is 44.2 Å². The van der Waals surface area contributed by atoms with Crippen molar-refractivity contribution in [1.29, 1.82) is 5.26 Å². The molecule has 2 aromatic rings. The van der Waals surface area contributed by atoms with Gasteiger partial charge in [-0.3, -0.25) is 4.79 Å². The fourth-order valence-corrected chi connectivity index (χ4v) is 3.21. The lowest BCUT2D eigenvalue weighted by molar-refractivity contribution is -0.116. The van der Waals surface area contributed by atoms with Crippen LogP contribution in [0.25, 0.3) is 6.08 Å². The largest absolute Gasteiger partial charge is 0.479 e. The van der Waals surface area contributed by atoms with E-state index in [1.165, 1.54) is 6.08 Å². The molecule has 1 fully saturated rings. The number of rotatable bonds is 8. The Morgan fingerprint density at radius 1 is 1.20 bits per heavy atom. The van der Waals surface area contributed by atoms with Gasteiger partial charge in [0.1, 0.15) is 17.6 Å². The van der Waals surface area contributed by atoms with E-state index < -0.39 is 0 Å². The number of hydrogen-bond donors (Lipinski definition) is 1. The van der Waals surface area contributed by atoms with Crippen molar-refractivity contribution in [2.45, 2.75) is 13.5 Å². The van der Waals surface area contributed by atoms with E-state index in [1.54, 1.807) is 18.2 Å². The van der Waals surface area contributed by atoms with Crippen LogP contribution in [0.5, 0.6) is 5.75 Å². The van der Waals surface area contributed by atoms with Gasteiger partial charge in [0, 0.05) is 45.0 Å². The Hall–Kier alpha value is -3.37. The van der Waals surface area contributed by atoms with Gasteiger partial charge in [-0.1, -0.05) is 25.1 Å². The molecule has 1 amide bonds. The second-order valence-electron chi connectivity index (χ2n) is 7.01. The Bertz CT molecular complexity index is 879. The van der Waals surface area contributed by atoms with Gasteiger partial charge in [-0.05, 0) is 41.9 Å². The summed E-state index contributed by atoms with van der Waals surface area (Å²) in [5.41, 5.74) is 1.84. The minimum Gasteiger partial charge on any atom is -0.479 e. The molecule has 1 aromatic carbocycles. The van der Waals surface area contributed by atoms with Crippen LogP contribution in [0.1, 0.15) is 18.1 Å². The third-order valence-corrected chi connectivity index (χ3v) is 5.03. The predicted octanol–water partition coefficient (Wildman–Crippen LogP) is 2.46. The van der Waals surface area contributed by atoms with E-state index >= 15 is 0 Å². The number of ether oxygens (including phenoxy) is 1. The molecule has 0 saturated carbocycles. The smallest absolute Gasteiger partial charge is 0.244 e. The maximum atomic E-state index is 12.1. The van der Waals surface area contributed by atoms with Gasteiger partial charge in [0.25, 0.3) is 0 Å². The highest BCUT2D eigenvalue weighted by molar-refractivity contribution is 5.91. The maximum absolute atomic E-state index is 12.1. The number of pyridine rings is 1. The van der Waals surface area contributed by atoms with Crippen molar-refractivity contribution < 1.29 is 9.53 Å². The molecule has 156 valence electrons. The number of piperazine rings is 1. The van der Waals surface area contributed by atoms with E-state index in [9.17, 15) is 4.79 Å². The summed E-state index contributed by atoms with van der Waals surface area (Å²) in [6.07, 6.45) is 5.06. The predicted molar refractivity (Wildman–Crippen MR) is 117 cm³/mol. The summed E-state index contributed by atoms with van der Waals surface area (Å²) in [6, 6.07) is 13.2. The summed E-state index contributed by atoms with van der Waals surface area (Å²) in [6.45, 7) is 7.85. The molecule has 0 radical (unpaired) electrons. The zero-order chi connectivity index (χ0) is 21.2. The lowest BCUT2D eigenvalue weighted by Crippen LogP contribution is -2.46. The third kappa shape index (κ3) is 6.33. The van der Waals surface area contributed by atoms with Gasteiger partial charge in [-0.2, -0.15) is 5.26 Å². The lowest BCUT2D eigenvalue weighted by Gasteiger charge is -2.34. The average molecular weight is 406 g/mol. The number of carbonyl (C=O) groups is 1. The van der Waals surface area contributed by atoms with Gasteiger partial charge in [-0.25, -0.2) is 4.98 Å². The van der Waals surface area contributed by atoms with E-state index in [4.69, 9.17) is 10.00 Å². The zero-order valence-corrected chi connectivity index (χ0v) is 17.3. The Kier molecular flexibility index (Phi) is 7.81. The molecule has 3 rings (SSSR count). The monoisotopic (exact) mass is 405 g/mol. The molecule has 30 heavy (non-hydrogen) atoms. The van der Waals surface area contributed by atoms with Gasteiger partial charge in [0.2, 0.25) is 5.91 Å². The summed E-state index contributed by atoms with van der Waals surface area (Å²) in [5.74, 6) is 1.45. The van der Waals surface area contributed by atoms with Gasteiger partial charge < -0.3 is 19.9 Å². The minimum absolute atomic E-state index is 0.0168. The first-order valence-corrected chi connectivity index (χ1v) is 10.2. The second-order valence-corrected chi connectivity index (χ2v) is 7.01. The molecule has 0 aliphatic carbocycles. The number of nitrogens with one attached hydrogen (secondary N) is 1. The molecule has 1 aliphatic heterocycles. The summed E-state index contributed by atoms with van der Waals surface area (Å²) in [5, 5.41) is 11.4. The van der Waals surface area contributed by atoms with Crippen LogP contribution in [-0.4, -0.2) is 55.1 Å². The van der Waals surface area contributed by atoms with Crippen molar-refractivity contribution in [2.24, 2.45) is 0 Å². The highest BCUT2D eigenvalue weighted by Crippen LogP contribution is 2.15. The number of aromatic nitrogens is 1. The fraction of sp³-hybridized carbons (Fsp3) is 0.348. The van der Waals surface area contributed by atoms with Crippen LogP contribution in [0.4, 0.5) is 5.82 Å². The summed E-state index contributed by atoms with van der Waals surface area (Å²) in [4.78, 5) is 21.4. The van der Waals surface area contributed by atoms with E-state index in [1.807, 2.05) is 36.5 Å². The van der Waals surface area contributed by atoms with E-state index in [2.05, 4.69) is 27.0 Å². The second kappa shape index (κ2) is 11.0. The van der Waals surface area contributed by atoms with Crippen LogP contribution in [0, 0.1) is 11.3 Å². The zero-order valence-electron chi connectivity index (χ0n) is 17.3. The summed E-state index contributed by atoms with van der Waals surface area (Å²) in [7, 11) is 0. The molecule has 2 heterocycles. The molecular formula is C23H27N5O2. The maximum Gasteiger partial charge on any atom is 0.244 e. The topological polar surface area (TPSA) is 81.5 Å². The Morgan fingerprint density at radius 3 is 2.60 bits per heavy atom. The summed E-state index contributed by atoms with van der Waals surface area (Å²) >= 11 is 0. The number of amides is 1. The first-order chi connectivity index (χ1) is 14.7. The average Bonchev–Trinajstić information content (AvgIpc) is 2.81. The Morgan fingerprint density at radius 2 is 1.97 bits per heavy atom. The number of benzene rings is 1. The van der Waals surface area contributed by atoms with E-state index in [0.29, 0.717) is 12.3 Å². The van der Waals surface area contributed by atoms with Crippen LogP contribution < -0.4 is 15.0 Å². The van der Waals surface area contributed by atoms with Crippen molar-refractivity contribution in [1.82, 2.24) is 15.2 Å². The molecule has 7 nitrogen and oxygen atoms in total. The molecule has 0 atom stereocenters. The van der Waals surface area contributed by atoms with Crippen LogP contribution >= 0.6 is 0 Å². The number of nitriles is 1. The Balaban J connectivity index is 1.44. The summed E-state index contributed by atoms with van der Waals surface area (Å²) < 4.78 is 5.20. The van der Waals surface area contributed by atoms with Gasteiger partial charge >= 0.3 is 0 Å². The standard InChI is InChI=1S/C23H27N5O2/c1-2-27-12-14-28(15-13-27)22-9-5-20(17-25-22)18-26-23(29)10-6-19-3-7-21(8-4-19)30-16-11-24/h3-10,17H,2,12-16,18H2,1H3,(H,26,29). The van der Waals surface area contributed by atoms with Crippen LogP contribution in [0.15, 0.2) is 48.7 Å². The first-order valence-electron chi connectivity index (χ1n) is 10.2. The molecule has 0 bridgehead atoms. The number of anilines is 1. The Labute approximate surface area is 177 Å². The van der Waals surface area contributed by atoms with Crippen LogP contribution in [-0.2, 0) is 11.3 Å². The number of hydrogen-bond acceptors (Lipinski definition) is 6. The molecule has 1 aliphatic rings. The molecule has 1 N–H and O–H groups in total. The number of likely N-dealkylation sites (N-methyl/N-ethyl adjacent to an activating group) is 1. The molecule has 7 heteroatoms. The third-order valence-electron chi connectivity index (χ3n) is 5.03. The van der Waals surface area contributed by atoms with Crippen molar-refractivity contribution in [3.05, 3.63) is 59.8 Å². The molecule has 1 saturated heterocycles. The van der Waals surface area contributed by atoms with Gasteiger partial charge in [0.15, 0.2) is 6.61 Å². The van der Waals surface area contributed by atoms with Gasteiger partial charge in [-0.15, -0.1) is 0 Å². The van der Waals surface area contributed by atoms with E-state index in [-0.39, 0.29) is 12.5 Å².